The van der Waals surface area contributed by atoms with Crippen LogP contribution in [0.3, 0.4) is 0 Å². The van der Waals surface area contributed by atoms with Gasteiger partial charge >= 0.3 is 0 Å². The molecule has 2 heterocycles. The molecule has 3 nitrogen and oxygen atoms in total. The number of nitrogens with one attached hydrogen (secondary N) is 1. The summed E-state index contributed by atoms with van der Waals surface area (Å²) in [7, 11) is 0. The first kappa shape index (κ1) is 5.11. The van der Waals surface area contributed by atoms with Crippen molar-refractivity contribution in [1.82, 2.24) is 5.32 Å². The summed E-state index contributed by atoms with van der Waals surface area (Å²) in [5.74, 6) is 0. The molecule has 2 aliphatic heterocycles. The number of fused-ring (bicyclic) bond motifs is 1. The average molecular weight is 123 g/mol. The summed E-state index contributed by atoms with van der Waals surface area (Å²) >= 11 is 0. The lowest BCUT2D eigenvalue weighted by atomic mass is 10.2. The fourth-order valence-electron chi connectivity index (χ4n) is 1.15. The molecule has 0 bridgehead atoms. The summed E-state index contributed by atoms with van der Waals surface area (Å²) in [6.07, 6.45) is 2.90. The standard InChI is InChI=1S/C6H9N3/c1-4-6-5(8-6)2-3-7-9-4/h3,5-6,8H,2H2,1H3. The molecule has 1 saturated heterocycles. The molecule has 0 saturated carbocycles. The van der Waals surface area contributed by atoms with Crippen LogP contribution in [0.25, 0.3) is 0 Å². The molecule has 0 amide bonds. The van der Waals surface area contributed by atoms with E-state index in [1.807, 2.05) is 13.1 Å². The highest BCUT2D eigenvalue weighted by Crippen LogP contribution is 2.17. The predicted molar refractivity (Wildman–Crippen MR) is 36.9 cm³/mol. The largest absolute Gasteiger partial charge is 0.302 e. The molecule has 0 aromatic carbocycles. The normalized spacial score (nSPS) is 39.0. The van der Waals surface area contributed by atoms with Crippen molar-refractivity contribution in [3.63, 3.8) is 0 Å². The van der Waals surface area contributed by atoms with Crippen molar-refractivity contribution in [2.75, 3.05) is 0 Å². The zero-order chi connectivity index (χ0) is 6.27. The maximum Gasteiger partial charge on any atom is 0.0633 e. The van der Waals surface area contributed by atoms with Gasteiger partial charge in [0, 0.05) is 18.7 Å². The van der Waals surface area contributed by atoms with Gasteiger partial charge in [0.25, 0.3) is 0 Å². The van der Waals surface area contributed by atoms with Gasteiger partial charge in [0.15, 0.2) is 0 Å². The molecular formula is C6H9N3. The number of hydrogen-bond donors (Lipinski definition) is 1. The van der Waals surface area contributed by atoms with Crippen LogP contribution in [0.4, 0.5) is 0 Å². The van der Waals surface area contributed by atoms with Gasteiger partial charge in [-0.05, 0) is 6.92 Å². The maximum atomic E-state index is 3.97. The van der Waals surface area contributed by atoms with Crippen LogP contribution in [0.2, 0.25) is 0 Å². The Hall–Kier alpha value is -0.700. The van der Waals surface area contributed by atoms with Crippen LogP contribution in [-0.2, 0) is 0 Å². The molecule has 9 heavy (non-hydrogen) atoms. The minimum Gasteiger partial charge on any atom is -0.302 e. The van der Waals surface area contributed by atoms with Gasteiger partial charge in [0.05, 0.1) is 11.8 Å². The topological polar surface area (TPSA) is 46.7 Å². The van der Waals surface area contributed by atoms with Gasteiger partial charge in [-0.25, -0.2) is 0 Å². The SMILES string of the molecule is CC1=NN=CCC2NC12. The van der Waals surface area contributed by atoms with Crippen molar-refractivity contribution in [2.45, 2.75) is 25.4 Å². The van der Waals surface area contributed by atoms with E-state index < -0.39 is 0 Å². The summed E-state index contributed by atoms with van der Waals surface area (Å²) < 4.78 is 0. The van der Waals surface area contributed by atoms with Crippen LogP contribution in [0.1, 0.15) is 13.3 Å². The lowest BCUT2D eigenvalue weighted by Crippen LogP contribution is -2.04. The van der Waals surface area contributed by atoms with Gasteiger partial charge in [-0.3, -0.25) is 0 Å². The van der Waals surface area contributed by atoms with E-state index >= 15 is 0 Å². The first-order valence-electron chi connectivity index (χ1n) is 3.20. The van der Waals surface area contributed by atoms with Gasteiger partial charge in [-0.2, -0.15) is 10.2 Å². The molecule has 3 heteroatoms. The fourth-order valence-corrected chi connectivity index (χ4v) is 1.15. The molecular weight excluding hydrogens is 114 g/mol. The Morgan fingerprint density at radius 2 is 2.67 bits per heavy atom. The minimum atomic E-state index is 0.535. The highest BCUT2D eigenvalue weighted by molar-refractivity contribution is 5.92. The molecule has 0 radical (unpaired) electrons. The third-order valence-electron chi connectivity index (χ3n) is 1.79. The summed E-state index contributed by atoms with van der Waals surface area (Å²) in [4.78, 5) is 0. The van der Waals surface area contributed by atoms with Crippen molar-refractivity contribution in [2.24, 2.45) is 10.2 Å². The smallest absolute Gasteiger partial charge is 0.0633 e. The van der Waals surface area contributed by atoms with Crippen molar-refractivity contribution >= 4 is 11.9 Å². The van der Waals surface area contributed by atoms with Gasteiger partial charge < -0.3 is 5.32 Å². The zero-order valence-electron chi connectivity index (χ0n) is 5.33. The van der Waals surface area contributed by atoms with Gasteiger partial charge in [-0.1, -0.05) is 0 Å². The van der Waals surface area contributed by atoms with Crippen molar-refractivity contribution in [3.8, 4) is 0 Å². The van der Waals surface area contributed by atoms with Crippen LogP contribution in [0.15, 0.2) is 10.2 Å². The van der Waals surface area contributed by atoms with E-state index in [0.29, 0.717) is 12.1 Å². The highest BCUT2D eigenvalue weighted by atomic mass is 15.3. The first-order valence-corrected chi connectivity index (χ1v) is 3.20. The second-order valence-electron chi connectivity index (χ2n) is 2.53. The number of rotatable bonds is 0. The Kier molecular flexibility index (Phi) is 0.931. The molecule has 0 aliphatic carbocycles. The molecule has 0 aromatic rings. The van der Waals surface area contributed by atoms with E-state index in [1.54, 1.807) is 0 Å². The molecule has 48 valence electrons. The van der Waals surface area contributed by atoms with Gasteiger partial charge in [0.2, 0.25) is 0 Å². The predicted octanol–water partition coefficient (Wildman–Crippen LogP) is 0.177. The second kappa shape index (κ2) is 1.64. The zero-order valence-corrected chi connectivity index (χ0v) is 5.33. The Labute approximate surface area is 53.9 Å². The van der Waals surface area contributed by atoms with E-state index in [1.165, 1.54) is 0 Å². The summed E-state index contributed by atoms with van der Waals surface area (Å²) in [6.45, 7) is 2.01. The third-order valence-corrected chi connectivity index (χ3v) is 1.79. The van der Waals surface area contributed by atoms with E-state index in [2.05, 4.69) is 15.5 Å². The van der Waals surface area contributed by atoms with Crippen molar-refractivity contribution in [1.29, 1.82) is 0 Å². The fraction of sp³-hybridized carbons (Fsp3) is 0.667. The van der Waals surface area contributed by atoms with Crippen LogP contribution < -0.4 is 5.32 Å². The van der Waals surface area contributed by atoms with E-state index in [-0.39, 0.29) is 0 Å². The van der Waals surface area contributed by atoms with Crippen molar-refractivity contribution < 1.29 is 0 Å². The van der Waals surface area contributed by atoms with Crippen molar-refractivity contribution in [3.05, 3.63) is 0 Å². The lowest BCUT2D eigenvalue weighted by molar-refractivity contribution is 1.01. The average Bonchev–Trinajstić information content (AvgIpc) is 2.55. The lowest BCUT2D eigenvalue weighted by Gasteiger charge is -1.85. The maximum absolute atomic E-state index is 3.97. The molecule has 2 atom stereocenters. The molecule has 2 unspecified atom stereocenters. The number of hydrogen-bond acceptors (Lipinski definition) is 3. The third kappa shape index (κ3) is 0.772. The Morgan fingerprint density at radius 3 is 3.56 bits per heavy atom. The summed E-state index contributed by atoms with van der Waals surface area (Å²) in [5, 5.41) is 11.1. The molecule has 1 N–H and O–H groups in total. The second-order valence-corrected chi connectivity index (χ2v) is 2.53. The van der Waals surface area contributed by atoms with Gasteiger partial charge in [0.1, 0.15) is 0 Å². The molecule has 0 aromatic heterocycles. The summed E-state index contributed by atoms with van der Waals surface area (Å²) in [6, 6.07) is 1.17. The molecule has 2 aliphatic rings. The minimum absolute atomic E-state index is 0.535. The first-order chi connectivity index (χ1) is 4.38. The van der Waals surface area contributed by atoms with Crippen LogP contribution in [0.5, 0.6) is 0 Å². The van der Waals surface area contributed by atoms with E-state index in [0.717, 1.165) is 12.1 Å². The molecule has 0 spiro atoms. The molecule has 1 fully saturated rings. The molecule has 2 rings (SSSR count). The van der Waals surface area contributed by atoms with Crippen LogP contribution >= 0.6 is 0 Å². The van der Waals surface area contributed by atoms with E-state index in [4.69, 9.17) is 0 Å². The monoisotopic (exact) mass is 123 g/mol. The Bertz CT molecular complexity index is 183. The van der Waals surface area contributed by atoms with Gasteiger partial charge in [-0.15, -0.1) is 0 Å². The Morgan fingerprint density at radius 1 is 1.78 bits per heavy atom. The van der Waals surface area contributed by atoms with E-state index in [9.17, 15) is 0 Å². The van der Waals surface area contributed by atoms with Crippen LogP contribution in [0, 0.1) is 0 Å². The highest BCUT2D eigenvalue weighted by Gasteiger charge is 2.38. The Balaban J connectivity index is 2.20. The summed E-state index contributed by atoms with van der Waals surface area (Å²) in [5.41, 5.74) is 1.12. The van der Waals surface area contributed by atoms with Crippen LogP contribution in [-0.4, -0.2) is 24.0 Å². The number of nitrogens with zero attached hydrogens (tertiary/aromatic N) is 2. The quantitative estimate of drug-likeness (QED) is 0.459.